The molecule has 4 nitrogen and oxygen atoms in total. The number of likely N-dealkylation sites (N-methyl/N-ethyl adjacent to an activating group) is 1. The molecule has 0 unspecified atom stereocenters. The Labute approximate surface area is 163 Å². The summed E-state index contributed by atoms with van der Waals surface area (Å²) in [6.45, 7) is 6.22. The summed E-state index contributed by atoms with van der Waals surface area (Å²) in [5.74, 6) is 0.508. The molecule has 3 rings (SSSR count). The number of aromatic nitrogens is 2. The van der Waals surface area contributed by atoms with Crippen molar-refractivity contribution >= 4 is 28.3 Å². The first-order valence-corrected chi connectivity index (χ1v) is 9.23. The van der Waals surface area contributed by atoms with Crippen LogP contribution in [0.25, 0.3) is 22.0 Å². The lowest BCUT2D eigenvalue weighted by Gasteiger charge is -2.24. The summed E-state index contributed by atoms with van der Waals surface area (Å²) in [5, 5.41) is 4.48. The third kappa shape index (κ3) is 4.26. The number of hydrogen-bond acceptors (Lipinski definition) is 4. The summed E-state index contributed by atoms with van der Waals surface area (Å²) >= 11 is 6.53. The number of anilines is 1. The molecule has 0 atom stereocenters. The number of nitrogens with one attached hydrogen (secondary N) is 1. The zero-order chi connectivity index (χ0) is 19.2. The van der Waals surface area contributed by atoms with E-state index in [1.165, 1.54) is 12.4 Å². The van der Waals surface area contributed by atoms with Crippen LogP contribution in [0.3, 0.4) is 0 Å². The summed E-state index contributed by atoms with van der Waals surface area (Å²) in [5.41, 5.74) is 1.82. The lowest BCUT2D eigenvalue weighted by atomic mass is 10.0. The van der Waals surface area contributed by atoms with Crippen LogP contribution in [-0.2, 0) is 0 Å². The minimum atomic E-state index is -0.311. The van der Waals surface area contributed by atoms with Gasteiger partial charge in [0.25, 0.3) is 0 Å². The van der Waals surface area contributed by atoms with Gasteiger partial charge in [0.05, 0.1) is 5.52 Å². The molecule has 0 spiro atoms. The monoisotopic (exact) mass is 384 g/mol. The Morgan fingerprint density at radius 3 is 2.74 bits per heavy atom. The van der Waals surface area contributed by atoms with E-state index < -0.39 is 0 Å². The zero-order valence-electron chi connectivity index (χ0n) is 15.3. The van der Waals surface area contributed by atoms with Crippen LogP contribution in [0.1, 0.15) is 6.42 Å². The quantitative estimate of drug-likeness (QED) is 0.572. The fourth-order valence-electron chi connectivity index (χ4n) is 3.02. The number of halogens is 2. The smallest absolute Gasteiger partial charge is 0.139 e. The summed E-state index contributed by atoms with van der Waals surface area (Å²) < 4.78 is 14.2. The molecule has 2 aromatic carbocycles. The third-order valence-electron chi connectivity index (χ3n) is 4.40. The van der Waals surface area contributed by atoms with Crippen molar-refractivity contribution < 1.29 is 4.39 Å². The molecule has 140 valence electrons. The fraction of sp³-hybridized carbons (Fsp3) is 0.238. The molecule has 0 saturated carbocycles. The SMILES string of the molecule is C=CCCN(CCNC)c1ncnc2cc(-c3ccccc3F)c(Cl)cc12. The summed E-state index contributed by atoms with van der Waals surface area (Å²) in [6, 6.07) is 10.2. The highest BCUT2D eigenvalue weighted by atomic mass is 35.5. The summed E-state index contributed by atoms with van der Waals surface area (Å²) in [6.07, 6.45) is 4.27. The van der Waals surface area contributed by atoms with Crippen LogP contribution >= 0.6 is 11.6 Å². The highest BCUT2D eigenvalue weighted by Gasteiger charge is 2.16. The lowest BCUT2D eigenvalue weighted by molar-refractivity contribution is 0.631. The van der Waals surface area contributed by atoms with Crippen LogP contribution in [0, 0.1) is 5.82 Å². The van der Waals surface area contributed by atoms with Crippen LogP contribution in [0.4, 0.5) is 10.2 Å². The Balaban J connectivity index is 2.09. The topological polar surface area (TPSA) is 41.0 Å². The van der Waals surface area contributed by atoms with Crippen molar-refractivity contribution in [2.24, 2.45) is 0 Å². The van der Waals surface area contributed by atoms with Crippen LogP contribution in [0.2, 0.25) is 5.02 Å². The van der Waals surface area contributed by atoms with E-state index in [9.17, 15) is 4.39 Å². The Kier molecular flexibility index (Phi) is 6.37. The molecular weight excluding hydrogens is 363 g/mol. The van der Waals surface area contributed by atoms with Gasteiger partial charge in [-0.2, -0.15) is 0 Å². The second-order valence-electron chi connectivity index (χ2n) is 6.19. The summed E-state index contributed by atoms with van der Waals surface area (Å²) in [4.78, 5) is 11.1. The van der Waals surface area contributed by atoms with E-state index in [2.05, 4.69) is 26.8 Å². The van der Waals surface area contributed by atoms with E-state index in [-0.39, 0.29) is 5.82 Å². The minimum absolute atomic E-state index is 0.311. The van der Waals surface area contributed by atoms with Gasteiger partial charge in [0.1, 0.15) is 18.0 Å². The van der Waals surface area contributed by atoms with Gasteiger partial charge in [-0.05, 0) is 31.7 Å². The van der Waals surface area contributed by atoms with Crippen molar-refractivity contribution in [1.29, 1.82) is 0 Å². The Hall–Kier alpha value is -2.50. The molecule has 1 heterocycles. The van der Waals surface area contributed by atoms with E-state index in [0.29, 0.717) is 16.1 Å². The van der Waals surface area contributed by atoms with Crippen molar-refractivity contribution in [1.82, 2.24) is 15.3 Å². The van der Waals surface area contributed by atoms with Gasteiger partial charge in [0.15, 0.2) is 0 Å². The molecule has 0 amide bonds. The van der Waals surface area contributed by atoms with Crippen molar-refractivity contribution in [3.8, 4) is 11.1 Å². The molecule has 0 bridgehead atoms. The largest absolute Gasteiger partial charge is 0.354 e. The minimum Gasteiger partial charge on any atom is -0.354 e. The Morgan fingerprint density at radius 2 is 2.00 bits per heavy atom. The molecule has 0 radical (unpaired) electrons. The molecule has 1 N–H and O–H groups in total. The maximum absolute atomic E-state index is 14.2. The predicted molar refractivity (Wildman–Crippen MR) is 111 cm³/mol. The van der Waals surface area contributed by atoms with Crippen LogP contribution in [0.15, 0.2) is 55.4 Å². The van der Waals surface area contributed by atoms with Gasteiger partial charge in [0, 0.05) is 41.2 Å². The molecule has 3 aromatic rings. The molecule has 0 aliphatic rings. The van der Waals surface area contributed by atoms with Crippen LogP contribution in [-0.4, -0.2) is 36.6 Å². The third-order valence-corrected chi connectivity index (χ3v) is 4.71. The Bertz CT molecular complexity index is 945. The number of benzene rings is 2. The highest BCUT2D eigenvalue weighted by Crippen LogP contribution is 2.35. The van der Waals surface area contributed by atoms with Gasteiger partial charge in [-0.1, -0.05) is 35.9 Å². The van der Waals surface area contributed by atoms with E-state index in [4.69, 9.17) is 11.6 Å². The second-order valence-corrected chi connectivity index (χ2v) is 6.60. The molecule has 0 aliphatic carbocycles. The first-order chi connectivity index (χ1) is 13.2. The first-order valence-electron chi connectivity index (χ1n) is 8.85. The number of nitrogens with zero attached hydrogens (tertiary/aromatic N) is 3. The second kappa shape index (κ2) is 8.93. The normalized spacial score (nSPS) is 10.9. The number of fused-ring (bicyclic) bond motifs is 1. The van der Waals surface area contributed by atoms with Crippen molar-refractivity contribution in [2.75, 3.05) is 31.6 Å². The molecule has 27 heavy (non-hydrogen) atoms. The molecule has 1 aromatic heterocycles. The van der Waals surface area contributed by atoms with E-state index in [0.717, 1.165) is 42.8 Å². The number of hydrogen-bond donors (Lipinski definition) is 1. The first kappa shape index (κ1) is 19.3. The fourth-order valence-corrected chi connectivity index (χ4v) is 3.28. The maximum atomic E-state index is 14.2. The van der Waals surface area contributed by atoms with Gasteiger partial charge in [0.2, 0.25) is 0 Å². The molecule has 6 heteroatoms. The standard InChI is InChI=1S/C21H22ClFN4/c1-3-4-10-27(11-9-24-2)21-17-12-18(22)16(13-20(17)25-14-26-21)15-7-5-6-8-19(15)23/h3,5-8,12-14,24H,1,4,9-11H2,2H3. The van der Waals surface area contributed by atoms with E-state index >= 15 is 0 Å². The van der Waals surface area contributed by atoms with E-state index in [1.54, 1.807) is 18.2 Å². The lowest BCUT2D eigenvalue weighted by Crippen LogP contribution is -2.32. The molecule has 0 fully saturated rings. The average Bonchev–Trinajstić information content (AvgIpc) is 2.68. The average molecular weight is 385 g/mol. The van der Waals surface area contributed by atoms with Crippen LogP contribution < -0.4 is 10.2 Å². The predicted octanol–water partition coefficient (Wildman–Crippen LogP) is 4.69. The van der Waals surface area contributed by atoms with Crippen molar-refractivity contribution in [3.63, 3.8) is 0 Å². The van der Waals surface area contributed by atoms with Crippen molar-refractivity contribution in [3.05, 3.63) is 66.2 Å². The maximum Gasteiger partial charge on any atom is 0.139 e. The van der Waals surface area contributed by atoms with Gasteiger partial charge >= 0.3 is 0 Å². The molecule has 0 saturated heterocycles. The zero-order valence-corrected chi connectivity index (χ0v) is 16.0. The molecule has 0 aliphatic heterocycles. The van der Waals surface area contributed by atoms with Crippen LogP contribution in [0.5, 0.6) is 0 Å². The number of rotatable bonds is 8. The Morgan fingerprint density at radius 1 is 1.19 bits per heavy atom. The van der Waals surface area contributed by atoms with Gasteiger partial charge in [-0.15, -0.1) is 6.58 Å². The summed E-state index contributed by atoms with van der Waals surface area (Å²) in [7, 11) is 1.92. The van der Waals surface area contributed by atoms with Crippen molar-refractivity contribution in [2.45, 2.75) is 6.42 Å². The van der Waals surface area contributed by atoms with Gasteiger partial charge < -0.3 is 10.2 Å². The highest BCUT2D eigenvalue weighted by molar-refractivity contribution is 6.34. The molecular formula is C21H22ClFN4. The van der Waals surface area contributed by atoms with E-state index in [1.807, 2.05) is 25.3 Å². The van der Waals surface area contributed by atoms with Gasteiger partial charge in [-0.25, -0.2) is 14.4 Å². The van der Waals surface area contributed by atoms with Gasteiger partial charge in [-0.3, -0.25) is 0 Å².